The Morgan fingerprint density at radius 1 is 1.53 bits per heavy atom. The molecular formula is C11H15ClFNO. The van der Waals surface area contributed by atoms with Crippen molar-refractivity contribution in [3.8, 4) is 0 Å². The third kappa shape index (κ3) is 3.78. The van der Waals surface area contributed by atoms with E-state index in [2.05, 4.69) is 5.32 Å². The molecule has 0 saturated heterocycles. The molecule has 0 radical (unpaired) electrons. The highest BCUT2D eigenvalue weighted by Gasteiger charge is 2.10. The monoisotopic (exact) mass is 231 g/mol. The van der Waals surface area contributed by atoms with Crippen molar-refractivity contribution in [2.45, 2.75) is 19.4 Å². The zero-order valence-electron chi connectivity index (χ0n) is 8.63. The Morgan fingerprint density at radius 3 is 2.93 bits per heavy atom. The van der Waals surface area contributed by atoms with Crippen LogP contribution in [0.15, 0.2) is 18.2 Å². The van der Waals surface area contributed by atoms with Crippen molar-refractivity contribution >= 4 is 11.6 Å². The third-order valence-electron chi connectivity index (χ3n) is 2.12. The molecule has 0 bridgehead atoms. The standard InChI is InChI=1S/C11H15ClFNO/c1-2-14-7-9(15)6-8-4-3-5-10(12)11(8)13/h3-5,9,14-15H,2,6-7H2,1H3. The van der Waals surface area contributed by atoms with E-state index in [4.69, 9.17) is 11.6 Å². The second-order valence-corrected chi connectivity index (χ2v) is 3.79. The first kappa shape index (κ1) is 12.4. The Kier molecular flexibility index (Phi) is 5.02. The van der Waals surface area contributed by atoms with Crippen LogP contribution < -0.4 is 5.32 Å². The van der Waals surface area contributed by atoms with Gasteiger partial charge in [-0.05, 0) is 18.2 Å². The molecular weight excluding hydrogens is 217 g/mol. The first-order chi connectivity index (χ1) is 7.15. The van der Waals surface area contributed by atoms with E-state index in [1.54, 1.807) is 12.1 Å². The van der Waals surface area contributed by atoms with Crippen molar-refractivity contribution in [1.29, 1.82) is 0 Å². The van der Waals surface area contributed by atoms with Crippen molar-refractivity contribution in [3.05, 3.63) is 34.6 Å². The second kappa shape index (κ2) is 6.05. The summed E-state index contributed by atoms with van der Waals surface area (Å²) in [5.74, 6) is -0.435. The Labute approximate surface area is 94.1 Å². The smallest absolute Gasteiger partial charge is 0.145 e. The van der Waals surface area contributed by atoms with E-state index in [-0.39, 0.29) is 11.4 Å². The van der Waals surface area contributed by atoms with Gasteiger partial charge in [0.2, 0.25) is 0 Å². The summed E-state index contributed by atoms with van der Waals surface area (Å²) in [7, 11) is 0. The molecule has 84 valence electrons. The number of rotatable bonds is 5. The number of hydrogen-bond acceptors (Lipinski definition) is 2. The van der Waals surface area contributed by atoms with E-state index in [1.807, 2.05) is 6.92 Å². The molecule has 1 aromatic carbocycles. The van der Waals surface area contributed by atoms with Gasteiger partial charge in [-0.3, -0.25) is 0 Å². The van der Waals surface area contributed by atoms with Crippen LogP contribution >= 0.6 is 11.6 Å². The Hall–Kier alpha value is -0.640. The lowest BCUT2D eigenvalue weighted by Crippen LogP contribution is -2.28. The van der Waals surface area contributed by atoms with Crippen LogP contribution in [0, 0.1) is 5.82 Å². The van der Waals surface area contributed by atoms with Crippen LogP contribution in [-0.4, -0.2) is 24.3 Å². The highest BCUT2D eigenvalue weighted by molar-refractivity contribution is 6.30. The molecule has 4 heteroatoms. The van der Waals surface area contributed by atoms with Crippen LogP contribution in [0.3, 0.4) is 0 Å². The molecule has 1 rings (SSSR count). The summed E-state index contributed by atoms with van der Waals surface area (Å²) in [6, 6.07) is 4.81. The molecule has 1 aromatic rings. The molecule has 2 N–H and O–H groups in total. The number of aliphatic hydroxyl groups is 1. The van der Waals surface area contributed by atoms with E-state index in [0.717, 1.165) is 6.54 Å². The molecule has 2 nitrogen and oxygen atoms in total. The number of halogens is 2. The lowest BCUT2D eigenvalue weighted by Gasteiger charge is -2.11. The molecule has 0 amide bonds. The maximum atomic E-state index is 13.4. The van der Waals surface area contributed by atoms with Crippen molar-refractivity contribution < 1.29 is 9.50 Å². The lowest BCUT2D eigenvalue weighted by molar-refractivity contribution is 0.171. The van der Waals surface area contributed by atoms with Gasteiger partial charge in [-0.15, -0.1) is 0 Å². The van der Waals surface area contributed by atoms with E-state index in [0.29, 0.717) is 12.1 Å². The maximum Gasteiger partial charge on any atom is 0.145 e. The minimum Gasteiger partial charge on any atom is -0.391 e. The first-order valence-electron chi connectivity index (χ1n) is 4.96. The van der Waals surface area contributed by atoms with E-state index < -0.39 is 11.9 Å². The molecule has 1 unspecified atom stereocenters. The summed E-state index contributed by atoms with van der Waals surface area (Å²) < 4.78 is 13.4. The van der Waals surface area contributed by atoms with Crippen LogP contribution in [0.4, 0.5) is 4.39 Å². The molecule has 15 heavy (non-hydrogen) atoms. The summed E-state index contributed by atoms with van der Waals surface area (Å²) in [5, 5.41) is 12.7. The summed E-state index contributed by atoms with van der Waals surface area (Å²) in [6.07, 6.45) is -0.308. The molecule has 0 aliphatic heterocycles. The van der Waals surface area contributed by atoms with Gasteiger partial charge in [-0.2, -0.15) is 0 Å². The van der Waals surface area contributed by atoms with Crippen LogP contribution in [0.5, 0.6) is 0 Å². The van der Waals surface area contributed by atoms with Gasteiger partial charge in [0, 0.05) is 13.0 Å². The summed E-state index contributed by atoms with van der Waals surface area (Å²) >= 11 is 5.63. The first-order valence-corrected chi connectivity index (χ1v) is 5.34. The van der Waals surface area contributed by atoms with Crippen molar-refractivity contribution in [1.82, 2.24) is 5.32 Å². The zero-order chi connectivity index (χ0) is 11.3. The number of likely N-dealkylation sites (N-methyl/N-ethyl adjacent to an activating group) is 1. The van der Waals surface area contributed by atoms with Crippen LogP contribution in [0.25, 0.3) is 0 Å². The summed E-state index contributed by atoms with van der Waals surface area (Å²) in [6.45, 7) is 3.20. The van der Waals surface area contributed by atoms with Gasteiger partial charge in [0.15, 0.2) is 0 Å². The molecule has 0 heterocycles. The number of benzene rings is 1. The largest absolute Gasteiger partial charge is 0.391 e. The molecule has 0 spiro atoms. The normalized spacial score (nSPS) is 12.8. The van der Waals surface area contributed by atoms with Crippen molar-refractivity contribution in [2.24, 2.45) is 0 Å². The van der Waals surface area contributed by atoms with Gasteiger partial charge in [-0.25, -0.2) is 4.39 Å². The summed E-state index contributed by atoms with van der Waals surface area (Å²) in [4.78, 5) is 0. The average Bonchev–Trinajstić information content (AvgIpc) is 2.22. The second-order valence-electron chi connectivity index (χ2n) is 3.38. The zero-order valence-corrected chi connectivity index (χ0v) is 9.39. The summed E-state index contributed by atoms with van der Waals surface area (Å²) in [5.41, 5.74) is 0.452. The molecule has 0 saturated carbocycles. The molecule has 0 aliphatic carbocycles. The minimum atomic E-state index is -0.585. The fourth-order valence-corrected chi connectivity index (χ4v) is 1.54. The quantitative estimate of drug-likeness (QED) is 0.813. The van der Waals surface area contributed by atoms with Crippen molar-refractivity contribution in [3.63, 3.8) is 0 Å². The Balaban J connectivity index is 2.60. The van der Waals surface area contributed by atoms with E-state index in [1.165, 1.54) is 6.07 Å². The van der Waals surface area contributed by atoms with Gasteiger partial charge in [0.1, 0.15) is 5.82 Å². The highest BCUT2D eigenvalue weighted by Crippen LogP contribution is 2.18. The number of aliphatic hydroxyl groups excluding tert-OH is 1. The molecule has 0 fully saturated rings. The molecule has 0 aliphatic rings. The van der Waals surface area contributed by atoms with E-state index in [9.17, 15) is 9.50 Å². The Bertz CT molecular complexity index is 319. The topological polar surface area (TPSA) is 32.3 Å². The van der Waals surface area contributed by atoms with Crippen LogP contribution in [0.1, 0.15) is 12.5 Å². The van der Waals surface area contributed by atoms with Crippen LogP contribution in [-0.2, 0) is 6.42 Å². The van der Waals surface area contributed by atoms with Gasteiger partial charge < -0.3 is 10.4 Å². The van der Waals surface area contributed by atoms with Crippen LogP contribution in [0.2, 0.25) is 5.02 Å². The Morgan fingerprint density at radius 2 is 2.27 bits per heavy atom. The predicted octanol–water partition coefficient (Wildman–Crippen LogP) is 1.99. The lowest BCUT2D eigenvalue weighted by atomic mass is 10.1. The highest BCUT2D eigenvalue weighted by atomic mass is 35.5. The molecule has 1 atom stereocenters. The van der Waals surface area contributed by atoms with Crippen molar-refractivity contribution in [2.75, 3.05) is 13.1 Å². The van der Waals surface area contributed by atoms with Gasteiger partial charge in [-0.1, -0.05) is 30.7 Å². The predicted molar refractivity (Wildman–Crippen MR) is 59.7 cm³/mol. The number of hydrogen-bond donors (Lipinski definition) is 2. The van der Waals surface area contributed by atoms with Gasteiger partial charge >= 0.3 is 0 Å². The maximum absolute atomic E-state index is 13.4. The van der Waals surface area contributed by atoms with E-state index >= 15 is 0 Å². The fraction of sp³-hybridized carbons (Fsp3) is 0.455. The third-order valence-corrected chi connectivity index (χ3v) is 2.41. The fourth-order valence-electron chi connectivity index (χ4n) is 1.34. The molecule has 0 aromatic heterocycles. The SMILES string of the molecule is CCNCC(O)Cc1cccc(Cl)c1F. The number of nitrogens with one attached hydrogen (secondary N) is 1. The average molecular weight is 232 g/mol. The minimum absolute atomic E-state index is 0.100. The van der Waals surface area contributed by atoms with Gasteiger partial charge in [0.25, 0.3) is 0 Å². The van der Waals surface area contributed by atoms with Gasteiger partial charge in [0.05, 0.1) is 11.1 Å².